The van der Waals surface area contributed by atoms with Crippen molar-refractivity contribution in [2.24, 2.45) is 0 Å². The molecule has 1 heterocycles. The first-order valence-electron chi connectivity index (χ1n) is 2.38. The predicted molar refractivity (Wildman–Crippen MR) is 35.3 cm³/mol. The van der Waals surface area contributed by atoms with Crippen LogP contribution >= 0.6 is 11.3 Å². The molecule has 1 N–H and O–H groups in total. The Kier molecular flexibility index (Phi) is 1.79. The van der Waals surface area contributed by atoms with E-state index in [4.69, 9.17) is 0 Å². The minimum atomic E-state index is -0.0875. The zero-order valence-electron chi connectivity index (χ0n) is 4.84. The van der Waals surface area contributed by atoms with Gasteiger partial charge in [-0.3, -0.25) is 4.79 Å². The molecule has 9 heavy (non-hydrogen) atoms. The van der Waals surface area contributed by atoms with E-state index >= 15 is 0 Å². The first kappa shape index (κ1) is 6.22. The Morgan fingerprint density at radius 1 is 2.00 bits per heavy atom. The van der Waals surface area contributed by atoms with Gasteiger partial charge in [0.2, 0.25) is 5.91 Å². The van der Waals surface area contributed by atoms with Crippen LogP contribution in [0.4, 0.5) is 5.00 Å². The van der Waals surface area contributed by atoms with E-state index in [2.05, 4.69) is 16.5 Å². The van der Waals surface area contributed by atoms with E-state index in [-0.39, 0.29) is 5.91 Å². The van der Waals surface area contributed by atoms with Crippen LogP contribution in [0.5, 0.6) is 0 Å². The molecule has 0 bridgehead atoms. The van der Waals surface area contributed by atoms with Crippen LogP contribution in [0.1, 0.15) is 6.92 Å². The van der Waals surface area contributed by atoms with Crippen LogP contribution in [0, 0.1) is 6.20 Å². The lowest BCUT2D eigenvalue weighted by atomic mass is 10.7. The van der Waals surface area contributed by atoms with Crippen molar-refractivity contribution < 1.29 is 4.79 Å². The monoisotopic (exact) mass is 141 g/mol. The van der Waals surface area contributed by atoms with Crippen LogP contribution in [0.25, 0.3) is 0 Å². The van der Waals surface area contributed by atoms with E-state index in [1.165, 1.54) is 18.3 Å². The molecule has 0 aliphatic rings. The van der Waals surface area contributed by atoms with Gasteiger partial charge < -0.3 is 5.32 Å². The number of nitrogens with one attached hydrogen (secondary N) is 1. The van der Waals surface area contributed by atoms with Crippen molar-refractivity contribution in [1.29, 1.82) is 0 Å². The largest absolute Gasteiger partial charge is 0.316 e. The van der Waals surface area contributed by atoms with E-state index in [1.54, 1.807) is 5.51 Å². The van der Waals surface area contributed by atoms with Crippen molar-refractivity contribution >= 4 is 22.2 Å². The van der Waals surface area contributed by atoms with Crippen molar-refractivity contribution in [3.8, 4) is 0 Å². The number of nitrogens with zero attached hydrogens (tertiary/aromatic N) is 1. The highest BCUT2D eigenvalue weighted by Gasteiger charge is 1.94. The second kappa shape index (κ2) is 2.59. The topological polar surface area (TPSA) is 42.0 Å². The van der Waals surface area contributed by atoms with Gasteiger partial charge in [-0.2, -0.15) is 0 Å². The number of thiazole rings is 1. The average Bonchev–Trinajstić information content (AvgIpc) is 2.15. The summed E-state index contributed by atoms with van der Waals surface area (Å²) in [6, 6.07) is 0. The average molecular weight is 141 g/mol. The quantitative estimate of drug-likeness (QED) is 0.631. The zero-order chi connectivity index (χ0) is 6.69. The van der Waals surface area contributed by atoms with Crippen molar-refractivity contribution in [3.63, 3.8) is 0 Å². The summed E-state index contributed by atoms with van der Waals surface area (Å²) < 4.78 is 0. The Labute approximate surface area is 56.7 Å². The highest BCUT2D eigenvalue weighted by Crippen LogP contribution is 2.10. The normalized spacial score (nSPS) is 9.00. The number of amides is 1. The number of hydrogen-bond donors (Lipinski definition) is 1. The SMILES string of the molecule is CC(=O)Nc1[c]ncs1. The summed E-state index contributed by atoms with van der Waals surface area (Å²) in [4.78, 5) is 14.0. The second-order valence-electron chi connectivity index (χ2n) is 1.47. The molecule has 0 unspecified atom stereocenters. The lowest BCUT2D eigenvalue weighted by molar-refractivity contribution is -0.114. The molecule has 0 aromatic carbocycles. The zero-order valence-corrected chi connectivity index (χ0v) is 5.66. The molecule has 3 nitrogen and oxygen atoms in total. The lowest BCUT2D eigenvalue weighted by Gasteiger charge is -1.90. The molecule has 4 heteroatoms. The summed E-state index contributed by atoms with van der Waals surface area (Å²) in [5.41, 5.74) is 1.62. The standard InChI is InChI=1S/C5H5N2OS/c1-4(8)7-5-2-6-3-9-5/h3H,1H3,(H,7,8). The Morgan fingerprint density at radius 3 is 3.22 bits per heavy atom. The molecule has 0 aliphatic heterocycles. The maximum atomic E-state index is 10.4. The third kappa shape index (κ3) is 1.81. The second-order valence-corrected chi connectivity index (χ2v) is 2.33. The highest BCUT2D eigenvalue weighted by atomic mass is 32.1. The number of carbonyl (C=O) groups excluding carboxylic acids is 1. The fourth-order valence-corrected chi connectivity index (χ4v) is 0.927. The van der Waals surface area contributed by atoms with Gasteiger partial charge >= 0.3 is 0 Å². The van der Waals surface area contributed by atoms with E-state index in [0.29, 0.717) is 5.00 Å². The van der Waals surface area contributed by atoms with Crippen LogP contribution in [0.2, 0.25) is 0 Å². The minimum Gasteiger partial charge on any atom is -0.316 e. The number of rotatable bonds is 1. The first-order valence-corrected chi connectivity index (χ1v) is 3.26. The number of carbonyl (C=O) groups is 1. The molecule has 0 spiro atoms. The fourth-order valence-electron chi connectivity index (χ4n) is 0.408. The summed E-state index contributed by atoms with van der Waals surface area (Å²) in [5, 5.41) is 3.22. The van der Waals surface area contributed by atoms with Gasteiger partial charge in [-0.25, -0.2) is 4.98 Å². The lowest BCUT2D eigenvalue weighted by Crippen LogP contribution is -2.03. The van der Waals surface area contributed by atoms with Crippen molar-refractivity contribution in [3.05, 3.63) is 11.7 Å². The minimum absolute atomic E-state index is 0.0875. The molecule has 47 valence electrons. The number of anilines is 1. The summed E-state index contributed by atoms with van der Waals surface area (Å²) >= 11 is 1.35. The van der Waals surface area contributed by atoms with E-state index in [0.717, 1.165) is 0 Å². The Balaban J connectivity index is 2.58. The third-order valence-corrected chi connectivity index (χ3v) is 1.32. The molecule has 0 saturated heterocycles. The first-order chi connectivity index (χ1) is 4.29. The van der Waals surface area contributed by atoms with E-state index in [9.17, 15) is 4.79 Å². The van der Waals surface area contributed by atoms with Crippen LogP contribution < -0.4 is 5.32 Å². The molecule has 1 rings (SSSR count). The molecular formula is C5H5N2OS. The van der Waals surface area contributed by atoms with Gasteiger partial charge in [0.25, 0.3) is 0 Å². The molecular weight excluding hydrogens is 136 g/mol. The van der Waals surface area contributed by atoms with Crippen LogP contribution in [0.3, 0.4) is 0 Å². The summed E-state index contributed by atoms with van der Waals surface area (Å²) in [6.45, 7) is 1.45. The van der Waals surface area contributed by atoms with Gasteiger partial charge in [0, 0.05) is 6.92 Å². The smallest absolute Gasteiger partial charge is 0.221 e. The highest BCUT2D eigenvalue weighted by molar-refractivity contribution is 7.13. The third-order valence-electron chi connectivity index (χ3n) is 0.679. The molecule has 1 aromatic heterocycles. The molecule has 0 saturated carbocycles. The fraction of sp³-hybridized carbons (Fsp3) is 0.200. The van der Waals surface area contributed by atoms with Crippen molar-refractivity contribution in [2.45, 2.75) is 6.92 Å². The van der Waals surface area contributed by atoms with Gasteiger partial charge in [0.05, 0.1) is 5.51 Å². The van der Waals surface area contributed by atoms with Crippen LogP contribution in [-0.4, -0.2) is 10.9 Å². The van der Waals surface area contributed by atoms with Gasteiger partial charge in [-0.1, -0.05) is 0 Å². The predicted octanol–water partition coefficient (Wildman–Crippen LogP) is 0.902. The maximum Gasteiger partial charge on any atom is 0.221 e. The molecule has 1 aromatic rings. The van der Waals surface area contributed by atoms with Crippen molar-refractivity contribution in [2.75, 3.05) is 5.32 Å². The molecule has 0 fully saturated rings. The molecule has 1 radical (unpaired) electrons. The number of aromatic nitrogens is 1. The van der Waals surface area contributed by atoms with Gasteiger partial charge in [0.15, 0.2) is 0 Å². The summed E-state index contributed by atoms with van der Waals surface area (Å²) in [6.07, 6.45) is 2.61. The van der Waals surface area contributed by atoms with Gasteiger partial charge in [-0.05, 0) is 0 Å². The van der Waals surface area contributed by atoms with E-state index in [1.807, 2.05) is 0 Å². The molecule has 1 amide bonds. The number of hydrogen-bond acceptors (Lipinski definition) is 3. The molecule has 0 atom stereocenters. The summed E-state index contributed by atoms with van der Waals surface area (Å²) in [5.74, 6) is -0.0875. The van der Waals surface area contributed by atoms with Gasteiger partial charge in [0.1, 0.15) is 11.2 Å². The summed E-state index contributed by atoms with van der Waals surface area (Å²) in [7, 11) is 0. The molecule has 0 aliphatic carbocycles. The van der Waals surface area contributed by atoms with Crippen LogP contribution in [0.15, 0.2) is 5.51 Å². The van der Waals surface area contributed by atoms with Crippen molar-refractivity contribution in [1.82, 2.24) is 4.98 Å². The Morgan fingerprint density at radius 2 is 2.78 bits per heavy atom. The van der Waals surface area contributed by atoms with Crippen LogP contribution in [-0.2, 0) is 4.79 Å². The maximum absolute atomic E-state index is 10.4. The van der Waals surface area contributed by atoms with E-state index < -0.39 is 0 Å². The Hall–Kier alpha value is -0.900. The Bertz CT molecular complexity index is 195. The van der Waals surface area contributed by atoms with Gasteiger partial charge in [-0.15, -0.1) is 11.3 Å².